The summed E-state index contributed by atoms with van der Waals surface area (Å²) in [6.45, 7) is 11.4. The highest BCUT2D eigenvalue weighted by Gasteiger charge is 2.33. The van der Waals surface area contributed by atoms with Gasteiger partial charge in [0.1, 0.15) is 4.90 Å². The van der Waals surface area contributed by atoms with E-state index in [0.717, 1.165) is 13.0 Å². The molecule has 1 aromatic rings. The molecule has 0 saturated carbocycles. The van der Waals surface area contributed by atoms with Crippen LogP contribution in [0.25, 0.3) is 0 Å². The predicted octanol–water partition coefficient (Wildman–Crippen LogP) is 1.69. The van der Waals surface area contributed by atoms with E-state index in [9.17, 15) is 8.42 Å². The summed E-state index contributed by atoms with van der Waals surface area (Å²) in [5, 5.41) is 7.42. The number of nitrogens with zero attached hydrogens (tertiary/aromatic N) is 3. The van der Waals surface area contributed by atoms with Crippen molar-refractivity contribution in [1.29, 1.82) is 0 Å². The highest BCUT2D eigenvalue weighted by molar-refractivity contribution is 7.89. The van der Waals surface area contributed by atoms with E-state index in [4.69, 9.17) is 0 Å². The summed E-state index contributed by atoms with van der Waals surface area (Å²) in [5.74, 6) is 0. The Hall–Kier alpha value is -0.920. The second-order valence-corrected chi connectivity index (χ2v) is 8.16. The van der Waals surface area contributed by atoms with Gasteiger partial charge in [-0.2, -0.15) is 9.40 Å². The van der Waals surface area contributed by atoms with Crippen molar-refractivity contribution in [2.75, 3.05) is 13.6 Å². The Bertz CT molecular complexity index is 549. The van der Waals surface area contributed by atoms with E-state index in [0.29, 0.717) is 12.6 Å². The van der Waals surface area contributed by atoms with Gasteiger partial charge in [-0.3, -0.25) is 4.68 Å². The number of rotatable bonds is 8. The Morgan fingerprint density at radius 3 is 2.57 bits per heavy atom. The van der Waals surface area contributed by atoms with Gasteiger partial charge in [0.25, 0.3) is 0 Å². The van der Waals surface area contributed by atoms with Crippen LogP contribution in [0.15, 0.2) is 17.3 Å². The topological polar surface area (TPSA) is 67.2 Å². The predicted molar refractivity (Wildman–Crippen MR) is 84.7 cm³/mol. The first-order valence-electron chi connectivity index (χ1n) is 7.36. The van der Waals surface area contributed by atoms with Gasteiger partial charge in [0.2, 0.25) is 10.0 Å². The first-order chi connectivity index (χ1) is 9.61. The first kappa shape index (κ1) is 18.1. The third kappa shape index (κ3) is 4.52. The van der Waals surface area contributed by atoms with Crippen LogP contribution in [-0.4, -0.2) is 47.7 Å². The SMILES string of the molecule is CCC(C)(C)N(C)S(=O)(=O)c1cnn(CCNC(C)C)c1. The van der Waals surface area contributed by atoms with Gasteiger partial charge in [-0.05, 0) is 20.3 Å². The summed E-state index contributed by atoms with van der Waals surface area (Å²) >= 11 is 0. The Balaban J connectivity index is 2.84. The average Bonchev–Trinajstić information content (AvgIpc) is 2.87. The monoisotopic (exact) mass is 316 g/mol. The number of hydrogen-bond acceptors (Lipinski definition) is 4. The van der Waals surface area contributed by atoms with Crippen LogP contribution < -0.4 is 5.32 Å². The number of nitrogens with one attached hydrogen (secondary N) is 1. The molecule has 0 fully saturated rings. The molecule has 1 rings (SSSR count). The van der Waals surface area contributed by atoms with Crippen LogP contribution in [0.1, 0.15) is 41.0 Å². The van der Waals surface area contributed by atoms with E-state index in [-0.39, 0.29) is 4.90 Å². The fourth-order valence-corrected chi connectivity index (χ4v) is 3.31. The third-order valence-electron chi connectivity index (χ3n) is 3.88. The summed E-state index contributed by atoms with van der Waals surface area (Å²) in [4.78, 5) is 0.246. The first-order valence-corrected chi connectivity index (χ1v) is 8.80. The highest BCUT2D eigenvalue weighted by atomic mass is 32.2. The van der Waals surface area contributed by atoms with Gasteiger partial charge in [0.15, 0.2) is 0 Å². The van der Waals surface area contributed by atoms with Crippen molar-refractivity contribution in [2.24, 2.45) is 0 Å². The fraction of sp³-hybridized carbons (Fsp3) is 0.786. The van der Waals surface area contributed by atoms with Crippen molar-refractivity contribution in [1.82, 2.24) is 19.4 Å². The van der Waals surface area contributed by atoms with Crippen LogP contribution in [-0.2, 0) is 16.6 Å². The van der Waals surface area contributed by atoms with Crippen LogP contribution in [0.2, 0.25) is 0 Å². The summed E-state index contributed by atoms with van der Waals surface area (Å²) < 4.78 is 28.3. The summed E-state index contributed by atoms with van der Waals surface area (Å²) in [7, 11) is -1.88. The van der Waals surface area contributed by atoms with Crippen molar-refractivity contribution < 1.29 is 8.42 Å². The zero-order chi connectivity index (χ0) is 16.3. The lowest BCUT2D eigenvalue weighted by atomic mass is 10.0. The second-order valence-electron chi connectivity index (χ2n) is 6.19. The molecule has 0 spiro atoms. The lowest BCUT2D eigenvalue weighted by molar-refractivity contribution is 0.257. The molecule has 0 aromatic carbocycles. The smallest absolute Gasteiger partial charge is 0.246 e. The standard InChI is InChI=1S/C14H28N4O2S/c1-7-14(4,5)17(6)21(19,20)13-10-16-18(11-13)9-8-15-12(2)3/h10-12,15H,7-9H2,1-6H3. The van der Waals surface area contributed by atoms with E-state index in [1.54, 1.807) is 17.9 Å². The molecule has 0 radical (unpaired) electrons. The molecule has 6 nitrogen and oxygen atoms in total. The molecule has 0 bridgehead atoms. The van der Waals surface area contributed by atoms with Gasteiger partial charge in [0.05, 0.1) is 12.7 Å². The molecule has 0 aliphatic rings. The van der Waals surface area contributed by atoms with Gasteiger partial charge in [0, 0.05) is 31.4 Å². The van der Waals surface area contributed by atoms with Crippen LogP contribution in [0.3, 0.4) is 0 Å². The molecule has 0 saturated heterocycles. The molecule has 1 aromatic heterocycles. The average molecular weight is 316 g/mol. The Kier molecular flexibility index (Phi) is 5.95. The van der Waals surface area contributed by atoms with Gasteiger partial charge in [-0.25, -0.2) is 8.42 Å². The lowest BCUT2D eigenvalue weighted by Gasteiger charge is -2.33. The minimum atomic E-state index is -3.50. The largest absolute Gasteiger partial charge is 0.313 e. The number of sulfonamides is 1. The molecule has 21 heavy (non-hydrogen) atoms. The lowest BCUT2D eigenvalue weighted by Crippen LogP contribution is -2.44. The van der Waals surface area contributed by atoms with E-state index >= 15 is 0 Å². The molecular weight excluding hydrogens is 288 g/mol. The normalized spacial score (nSPS) is 13.3. The number of hydrogen-bond donors (Lipinski definition) is 1. The highest BCUT2D eigenvalue weighted by Crippen LogP contribution is 2.24. The quantitative estimate of drug-likeness (QED) is 0.792. The zero-order valence-corrected chi connectivity index (χ0v) is 14.7. The van der Waals surface area contributed by atoms with Gasteiger partial charge >= 0.3 is 0 Å². The third-order valence-corrected chi connectivity index (χ3v) is 5.90. The minimum absolute atomic E-state index is 0.246. The summed E-state index contributed by atoms with van der Waals surface area (Å²) in [6.07, 6.45) is 3.77. The second kappa shape index (κ2) is 6.89. The Labute approximate surface area is 128 Å². The molecule has 122 valence electrons. The fourth-order valence-electron chi connectivity index (χ4n) is 1.77. The van der Waals surface area contributed by atoms with Crippen molar-refractivity contribution in [3.63, 3.8) is 0 Å². The molecule has 1 heterocycles. The molecule has 0 amide bonds. The molecular formula is C14H28N4O2S. The molecule has 0 aliphatic heterocycles. The minimum Gasteiger partial charge on any atom is -0.313 e. The zero-order valence-electron chi connectivity index (χ0n) is 13.9. The van der Waals surface area contributed by atoms with E-state index in [1.165, 1.54) is 10.5 Å². The van der Waals surface area contributed by atoms with Crippen LogP contribution in [0, 0.1) is 0 Å². The van der Waals surface area contributed by atoms with Crippen LogP contribution >= 0.6 is 0 Å². The molecule has 0 unspecified atom stereocenters. The van der Waals surface area contributed by atoms with Gasteiger partial charge in [-0.1, -0.05) is 20.8 Å². The Morgan fingerprint density at radius 1 is 1.43 bits per heavy atom. The van der Waals surface area contributed by atoms with Crippen LogP contribution in [0.5, 0.6) is 0 Å². The van der Waals surface area contributed by atoms with Gasteiger partial charge < -0.3 is 5.32 Å². The maximum Gasteiger partial charge on any atom is 0.246 e. The van der Waals surface area contributed by atoms with Crippen molar-refractivity contribution >= 4 is 10.0 Å². The van der Waals surface area contributed by atoms with Crippen LogP contribution in [0.4, 0.5) is 0 Å². The molecule has 1 N–H and O–H groups in total. The maximum absolute atomic E-state index is 12.6. The van der Waals surface area contributed by atoms with Crippen molar-refractivity contribution in [3.8, 4) is 0 Å². The van der Waals surface area contributed by atoms with E-state index < -0.39 is 15.6 Å². The summed E-state index contributed by atoms with van der Waals surface area (Å²) in [6, 6.07) is 0.403. The number of aromatic nitrogens is 2. The maximum atomic E-state index is 12.6. The van der Waals surface area contributed by atoms with E-state index in [1.807, 2.05) is 20.8 Å². The van der Waals surface area contributed by atoms with Crippen molar-refractivity contribution in [3.05, 3.63) is 12.4 Å². The van der Waals surface area contributed by atoms with Crippen molar-refractivity contribution in [2.45, 2.75) is 64.1 Å². The van der Waals surface area contributed by atoms with E-state index in [2.05, 4.69) is 24.3 Å². The van der Waals surface area contributed by atoms with Gasteiger partial charge in [-0.15, -0.1) is 0 Å². The summed E-state index contributed by atoms with van der Waals surface area (Å²) in [5.41, 5.74) is -0.417. The Morgan fingerprint density at radius 2 is 2.05 bits per heavy atom. The molecule has 0 aliphatic carbocycles. The molecule has 7 heteroatoms. The molecule has 0 atom stereocenters.